The average molecular weight is 348 g/mol. The molecule has 2 aromatic carbocycles. The highest BCUT2D eigenvalue weighted by Crippen LogP contribution is 2.20. The van der Waals surface area contributed by atoms with Crippen molar-refractivity contribution in [1.82, 2.24) is 5.32 Å². The summed E-state index contributed by atoms with van der Waals surface area (Å²) in [6.07, 6.45) is 0. The first kappa shape index (κ1) is 17.3. The van der Waals surface area contributed by atoms with Gasteiger partial charge in [0.1, 0.15) is 6.07 Å². The van der Waals surface area contributed by atoms with Crippen LogP contribution < -0.4 is 10.6 Å². The molecule has 0 unspecified atom stereocenters. The molecule has 0 aliphatic heterocycles. The Bertz CT molecular complexity index is 738. The Morgan fingerprint density at radius 1 is 1.22 bits per heavy atom. The maximum atomic E-state index is 12.0. The van der Waals surface area contributed by atoms with Crippen molar-refractivity contribution >= 4 is 34.8 Å². The Morgan fingerprint density at radius 3 is 2.52 bits per heavy atom. The summed E-state index contributed by atoms with van der Waals surface area (Å²) in [4.78, 5) is 12.0. The molecular formula is C17H15Cl2N3O. The fourth-order valence-corrected chi connectivity index (χ4v) is 2.35. The zero-order valence-electron chi connectivity index (χ0n) is 12.4. The van der Waals surface area contributed by atoms with Gasteiger partial charge in [0.05, 0.1) is 17.1 Å². The van der Waals surface area contributed by atoms with Gasteiger partial charge < -0.3 is 10.6 Å². The van der Waals surface area contributed by atoms with E-state index in [0.29, 0.717) is 21.3 Å². The molecule has 118 valence electrons. The molecule has 0 saturated carbocycles. The lowest BCUT2D eigenvalue weighted by Gasteiger charge is -2.14. The number of amides is 1. The third-order valence-corrected chi connectivity index (χ3v) is 3.88. The van der Waals surface area contributed by atoms with Crippen LogP contribution in [0.15, 0.2) is 42.5 Å². The molecule has 0 aliphatic carbocycles. The molecule has 0 aromatic heterocycles. The van der Waals surface area contributed by atoms with Crippen LogP contribution >= 0.6 is 23.2 Å². The zero-order chi connectivity index (χ0) is 16.8. The molecule has 2 aromatic rings. The summed E-state index contributed by atoms with van der Waals surface area (Å²) in [6, 6.07) is 14.2. The van der Waals surface area contributed by atoms with Gasteiger partial charge in [-0.2, -0.15) is 5.26 Å². The maximum Gasteiger partial charge on any atom is 0.238 e. The predicted octanol–water partition coefficient (Wildman–Crippen LogP) is 4.15. The summed E-state index contributed by atoms with van der Waals surface area (Å²) in [5, 5.41) is 15.7. The van der Waals surface area contributed by atoms with Gasteiger partial charge in [0.25, 0.3) is 0 Å². The summed E-state index contributed by atoms with van der Waals surface area (Å²) in [7, 11) is 0. The van der Waals surface area contributed by atoms with Gasteiger partial charge in [-0.3, -0.25) is 4.79 Å². The number of anilines is 1. The van der Waals surface area contributed by atoms with Gasteiger partial charge in [0, 0.05) is 16.8 Å². The number of carbonyl (C=O) groups excluding carboxylic acids is 1. The molecule has 2 N–H and O–H groups in total. The Kier molecular flexibility index (Phi) is 6.00. The summed E-state index contributed by atoms with van der Waals surface area (Å²) < 4.78 is 0. The number of halogens is 2. The number of hydrogen-bond acceptors (Lipinski definition) is 3. The van der Waals surface area contributed by atoms with E-state index in [9.17, 15) is 4.79 Å². The van der Waals surface area contributed by atoms with Crippen molar-refractivity contribution in [3.63, 3.8) is 0 Å². The van der Waals surface area contributed by atoms with Crippen LogP contribution in [0, 0.1) is 11.3 Å². The first-order valence-corrected chi connectivity index (χ1v) is 7.73. The van der Waals surface area contributed by atoms with Crippen LogP contribution in [0.3, 0.4) is 0 Å². The number of rotatable bonds is 5. The minimum absolute atomic E-state index is 0.0163. The number of carbonyl (C=O) groups is 1. The molecule has 4 nitrogen and oxygen atoms in total. The Labute approximate surface area is 145 Å². The van der Waals surface area contributed by atoms with Crippen molar-refractivity contribution in [2.24, 2.45) is 0 Å². The van der Waals surface area contributed by atoms with E-state index < -0.39 is 0 Å². The minimum Gasteiger partial charge on any atom is -0.325 e. The summed E-state index contributed by atoms with van der Waals surface area (Å²) >= 11 is 11.8. The van der Waals surface area contributed by atoms with Crippen LogP contribution in [0.1, 0.15) is 24.1 Å². The second-order valence-corrected chi connectivity index (χ2v) is 5.85. The van der Waals surface area contributed by atoms with Crippen molar-refractivity contribution in [2.45, 2.75) is 13.0 Å². The van der Waals surface area contributed by atoms with Crippen molar-refractivity contribution in [3.05, 3.63) is 63.6 Å². The Balaban J connectivity index is 1.89. The van der Waals surface area contributed by atoms with Gasteiger partial charge in [-0.25, -0.2) is 0 Å². The van der Waals surface area contributed by atoms with Gasteiger partial charge in [-0.1, -0.05) is 35.3 Å². The summed E-state index contributed by atoms with van der Waals surface area (Å²) in [6.45, 7) is 2.12. The third kappa shape index (κ3) is 4.97. The predicted molar refractivity (Wildman–Crippen MR) is 92.7 cm³/mol. The standard InChI is InChI=1S/C17H15Cl2N3O/c1-11(12-2-5-14(18)6-3-12)21-10-17(23)22-15-7-4-13(9-20)16(19)8-15/h2-8,11,21H,10H2,1H3,(H,22,23)/t11-/m0/s1. The normalized spacial score (nSPS) is 11.6. The van der Waals surface area contributed by atoms with Gasteiger partial charge in [0.15, 0.2) is 0 Å². The Morgan fingerprint density at radius 2 is 1.91 bits per heavy atom. The lowest BCUT2D eigenvalue weighted by molar-refractivity contribution is -0.115. The maximum absolute atomic E-state index is 12.0. The highest BCUT2D eigenvalue weighted by molar-refractivity contribution is 6.32. The molecule has 2 rings (SSSR count). The van der Waals surface area contributed by atoms with Crippen molar-refractivity contribution in [3.8, 4) is 6.07 Å². The first-order valence-electron chi connectivity index (χ1n) is 6.98. The molecule has 0 aliphatic rings. The highest BCUT2D eigenvalue weighted by atomic mass is 35.5. The summed E-state index contributed by atoms with van der Waals surface area (Å²) in [5.74, 6) is -0.188. The van der Waals surface area contributed by atoms with Gasteiger partial charge in [0.2, 0.25) is 5.91 Å². The van der Waals surface area contributed by atoms with E-state index in [1.807, 2.05) is 37.3 Å². The molecule has 0 spiro atoms. The molecular weight excluding hydrogens is 333 g/mol. The smallest absolute Gasteiger partial charge is 0.238 e. The number of nitrogens with zero attached hydrogens (tertiary/aromatic N) is 1. The second kappa shape index (κ2) is 7.98. The number of benzene rings is 2. The van der Waals surface area contributed by atoms with Crippen LogP contribution in [0.5, 0.6) is 0 Å². The quantitative estimate of drug-likeness (QED) is 0.853. The molecule has 0 bridgehead atoms. The number of hydrogen-bond donors (Lipinski definition) is 2. The fourth-order valence-electron chi connectivity index (χ4n) is 2.00. The van der Waals surface area contributed by atoms with E-state index in [2.05, 4.69) is 10.6 Å². The van der Waals surface area contributed by atoms with Crippen molar-refractivity contribution in [1.29, 1.82) is 5.26 Å². The van der Waals surface area contributed by atoms with Gasteiger partial charge >= 0.3 is 0 Å². The van der Waals surface area contributed by atoms with Crippen LogP contribution in [0.25, 0.3) is 0 Å². The van der Waals surface area contributed by atoms with E-state index in [4.69, 9.17) is 28.5 Å². The third-order valence-electron chi connectivity index (χ3n) is 3.31. The molecule has 0 radical (unpaired) electrons. The monoisotopic (exact) mass is 347 g/mol. The van der Waals surface area contributed by atoms with Gasteiger partial charge in [-0.15, -0.1) is 0 Å². The minimum atomic E-state index is -0.188. The molecule has 1 amide bonds. The van der Waals surface area contributed by atoms with E-state index in [-0.39, 0.29) is 18.5 Å². The molecule has 0 heterocycles. The van der Waals surface area contributed by atoms with Crippen LogP contribution in [0.2, 0.25) is 10.0 Å². The van der Waals surface area contributed by atoms with Crippen LogP contribution in [-0.2, 0) is 4.79 Å². The van der Waals surface area contributed by atoms with Gasteiger partial charge in [-0.05, 0) is 42.8 Å². The largest absolute Gasteiger partial charge is 0.325 e. The average Bonchev–Trinajstić information content (AvgIpc) is 2.53. The Hall–Kier alpha value is -2.06. The van der Waals surface area contributed by atoms with E-state index in [1.54, 1.807) is 18.2 Å². The molecule has 1 atom stereocenters. The fraction of sp³-hybridized carbons (Fsp3) is 0.176. The van der Waals surface area contributed by atoms with Crippen molar-refractivity contribution < 1.29 is 4.79 Å². The van der Waals surface area contributed by atoms with Crippen molar-refractivity contribution in [2.75, 3.05) is 11.9 Å². The number of nitriles is 1. The van der Waals surface area contributed by atoms with E-state index >= 15 is 0 Å². The molecule has 23 heavy (non-hydrogen) atoms. The van der Waals surface area contributed by atoms with Crippen LogP contribution in [0.4, 0.5) is 5.69 Å². The SMILES string of the molecule is C[C@H](NCC(=O)Nc1ccc(C#N)c(Cl)c1)c1ccc(Cl)cc1. The lowest BCUT2D eigenvalue weighted by atomic mass is 10.1. The van der Waals surface area contributed by atoms with E-state index in [1.165, 1.54) is 0 Å². The zero-order valence-corrected chi connectivity index (χ0v) is 13.9. The lowest BCUT2D eigenvalue weighted by Crippen LogP contribution is -2.30. The topological polar surface area (TPSA) is 64.9 Å². The van der Waals surface area contributed by atoms with E-state index in [0.717, 1.165) is 5.56 Å². The second-order valence-electron chi connectivity index (χ2n) is 5.01. The molecule has 6 heteroatoms. The molecule has 0 fully saturated rings. The highest BCUT2D eigenvalue weighted by Gasteiger charge is 2.09. The first-order chi connectivity index (χ1) is 11.0. The molecule has 0 saturated heterocycles. The van der Waals surface area contributed by atoms with Crippen LogP contribution in [-0.4, -0.2) is 12.5 Å². The summed E-state index contributed by atoms with van der Waals surface area (Å²) in [5.41, 5.74) is 1.97. The number of nitrogens with one attached hydrogen (secondary N) is 2.